The van der Waals surface area contributed by atoms with E-state index in [1.54, 1.807) is 0 Å². The van der Waals surface area contributed by atoms with Gasteiger partial charge in [0.1, 0.15) is 0 Å². The zero-order chi connectivity index (χ0) is 11.5. The van der Waals surface area contributed by atoms with E-state index < -0.39 is 0 Å². The maximum Gasteiger partial charge on any atom is 0.160 e. The van der Waals surface area contributed by atoms with Crippen molar-refractivity contribution in [2.24, 2.45) is 5.73 Å². The summed E-state index contributed by atoms with van der Waals surface area (Å²) in [7, 11) is 0. The molecule has 2 rings (SSSR count). The number of rotatable bonds is 3. The Morgan fingerprint density at radius 1 is 1.31 bits per heavy atom. The number of aldehydes is 1. The predicted molar refractivity (Wildman–Crippen MR) is 67.7 cm³/mol. The highest BCUT2D eigenvalue weighted by molar-refractivity contribution is 7.17. The predicted octanol–water partition coefficient (Wildman–Crippen LogP) is 3.25. The first-order valence-corrected chi connectivity index (χ1v) is 5.93. The molecule has 0 spiro atoms. The molecule has 0 aliphatic carbocycles. The first kappa shape index (κ1) is 11.0. The van der Waals surface area contributed by atoms with Crippen molar-refractivity contribution in [1.82, 2.24) is 0 Å². The van der Waals surface area contributed by atoms with Crippen LogP contribution in [-0.2, 0) is 0 Å². The molecule has 0 saturated carbocycles. The molecule has 0 bridgehead atoms. The summed E-state index contributed by atoms with van der Waals surface area (Å²) < 4.78 is 0. The molecule has 1 aromatic heterocycles. The minimum Gasteiger partial charge on any atom is -0.324 e. The quantitative estimate of drug-likeness (QED) is 0.824. The summed E-state index contributed by atoms with van der Waals surface area (Å²) in [4.78, 5) is 12.5. The van der Waals surface area contributed by atoms with Gasteiger partial charge in [0.05, 0.1) is 4.88 Å². The van der Waals surface area contributed by atoms with Crippen LogP contribution in [-0.4, -0.2) is 6.29 Å². The van der Waals surface area contributed by atoms with Crippen LogP contribution in [0.3, 0.4) is 0 Å². The Hall–Kier alpha value is -1.45. The maximum atomic E-state index is 10.6. The fourth-order valence-electron chi connectivity index (χ4n) is 1.55. The van der Waals surface area contributed by atoms with Gasteiger partial charge in [-0.2, -0.15) is 0 Å². The summed E-state index contributed by atoms with van der Waals surface area (Å²) in [6, 6.07) is 12.0. The van der Waals surface area contributed by atoms with Crippen molar-refractivity contribution in [3.8, 4) is 10.4 Å². The minimum absolute atomic E-state index is 0.0328. The summed E-state index contributed by atoms with van der Waals surface area (Å²) in [6.07, 6.45) is 0.879. The van der Waals surface area contributed by atoms with E-state index in [2.05, 4.69) is 6.07 Å². The van der Waals surface area contributed by atoms with Crippen molar-refractivity contribution in [2.75, 3.05) is 0 Å². The fourth-order valence-corrected chi connectivity index (χ4v) is 2.37. The maximum absolute atomic E-state index is 10.6. The lowest BCUT2D eigenvalue weighted by molar-refractivity contribution is 0.112. The topological polar surface area (TPSA) is 43.1 Å². The standard InChI is InChI=1S/C13H13NOS/c1-9(14)10-3-2-4-11(7-10)13-6-5-12(8-15)16-13/h2-9H,14H2,1H3. The average molecular weight is 231 g/mol. The third-order valence-electron chi connectivity index (χ3n) is 2.44. The van der Waals surface area contributed by atoms with Gasteiger partial charge in [-0.05, 0) is 36.2 Å². The van der Waals surface area contributed by atoms with Gasteiger partial charge in [0.15, 0.2) is 6.29 Å². The Balaban J connectivity index is 2.39. The minimum atomic E-state index is 0.0328. The molecule has 2 N–H and O–H groups in total. The first-order chi connectivity index (χ1) is 7.70. The van der Waals surface area contributed by atoms with Gasteiger partial charge in [0, 0.05) is 10.9 Å². The number of carbonyl (C=O) groups is 1. The molecule has 0 aliphatic heterocycles. The number of thiophene rings is 1. The third-order valence-corrected chi connectivity index (χ3v) is 3.50. The van der Waals surface area contributed by atoms with Crippen LogP contribution >= 0.6 is 11.3 Å². The van der Waals surface area contributed by atoms with Crippen molar-refractivity contribution >= 4 is 17.6 Å². The van der Waals surface area contributed by atoms with E-state index in [0.29, 0.717) is 0 Å². The van der Waals surface area contributed by atoms with Gasteiger partial charge < -0.3 is 5.73 Å². The van der Waals surface area contributed by atoms with Crippen LogP contribution in [0.25, 0.3) is 10.4 Å². The summed E-state index contributed by atoms with van der Waals surface area (Å²) in [5, 5.41) is 0. The van der Waals surface area contributed by atoms with E-state index in [4.69, 9.17) is 5.73 Å². The number of nitrogens with two attached hydrogens (primary N) is 1. The van der Waals surface area contributed by atoms with Gasteiger partial charge >= 0.3 is 0 Å². The van der Waals surface area contributed by atoms with Crippen LogP contribution < -0.4 is 5.73 Å². The SMILES string of the molecule is CC(N)c1cccc(-c2ccc(C=O)s2)c1. The molecule has 1 unspecified atom stereocenters. The highest BCUT2D eigenvalue weighted by atomic mass is 32.1. The van der Waals surface area contributed by atoms with Gasteiger partial charge in [0.25, 0.3) is 0 Å². The van der Waals surface area contributed by atoms with E-state index >= 15 is 0 Å². The van der Waals surface area contributed by atoms with E-state index in [1.165, 1.54) is 11.3 Å². The van der Waals surface area contributed by atoms with Crippen LogP contribution in [0, 0.1) is 0 Å². The largest absolute Gasteiger partial charge is 0.324 e. The van der Waals surface area contributed by atoms with Crippen LogP contribution in [0.1, 0.15) is 28.2 Å². The third kappa shape index (κ3) is 2.21. The van der Waals surface area contributed by atoms with Gasteiger partial charge in [0.2, 0.25) is 0 Å². The van der Waals surface area contributed by atoms with Crippen LogP contribution in [0.4, 0.5) is 0 Å². The van der Waals surface area contributed by atoms with Crippen LogP contribution in [0.5, 0.6) is 0 Å². The van der Waals surface area contributed by atoms with Crippen molar-refractivity contribution in [3.05, 3.63) is 46.8 Å². The van der Waals surface area contributed by atoms with E-state index in [0.717, 1.165) is 27.2 Å². The molecule has 0 fully saturated rings. The molecule has 0 saturated heterocycles. The number of hydrogen-bond acceptors (Lipinski definition) is 3. The second-order valence-corrected chi connectivity index (χ2v) is 4.85. The fraction of sp³-hybridized carbons (Fsp3) is 0.154. The summed E-state index contributed by atoms with van der Waals surface area (Å²) in [5.41, 5.74) is 8.07. The lowest BCUT2D eigenvalue weighted by atomic mass is 10.1. The molecule has 2 nitrogen and oxygen atoms in total. The Bertz CT molecular complexity index is 502. The second-order valence-electron chi connectivity index (χ2n) is 3.73. The van der Waals surface area contributed by atoms with Gasteiger partial charge in [-0.1, -0.05) is 18.2 Å². The number of carbonyl (C=O) groups excluding carboxylic acids is 1. The molecule has 0 aliphatic rings. The highest BCUT2D eigenvalue weighted by Crippen LogP contribution is 2.28. The lowest BCUT2D eigenvalue weighted by Crippen LogP contribution is -2.04. The number of benzene rings is 1. The smallest absolute Gasteiger partial charge is 0.160 e. The van der Waals surface area contributed by atoms with Gasteiger partial charge in [-0.3, -0.25) is 4.79 Å². The van der Waals surface area contributed by atoms with Crippen LogP contribution in [0.2, 0.25) is 0 Å². The van der Waals surface area contributed by atoms with Crippen molar-refractivity contribution in [1.29, 1.82) is 0 Å². The molecule has 0 amide bonds. The molecule has 2 aromatic rings. The Morgan fingerprint density at radius 2 is 2.12 bits per heavy atom. The summed E-state index contributed by atoms with van der Waals surface area (Å²) >= 11 is 1.50. The normalized spacial score (nSPS) is 12.4. The molecular weight excluding hydrogens is 218 g/mol. The molecular formula is C13H13NOS. The molecule has 1 aromatic carbocycles. The number of hydrogen-bond donors (Lipinski definition) is 1. The van der Waals surface area contributed by atoms with Crippen molar-refractivity contribution in [2.45, 2.75) is 13.0 Å². The zero-order valence-corrected chi connectivity index (χ0v) is 9.83. The van der Waals surface area contributed by atoms with Crippen molar-refractivity contribution in [3.63, 3.8) is 0 Å². The van der Waals surface area contributed by atoms with E-state index in [9.17, 15) is 4.79 Å². The van der Waals surface area contributed by atoms with Gasteiger partial charge in [-0.25, -0.2) is 0 Å². The zero-order valence-electron chi connectivity index (χ0n) is 9.01. The molecule has 3 heteroatoms. The van der Waals surface area contributed by atoms with Gasteiger partial charge in [-0.15, -0.1) is 11.3 Å². The highest BCUT2D eigenvalue weighted by Gasteiger charge is 2.05. The van der Waals surface area contributed by atoms with Crippen molar-refractivity contribution < 1.29 is 4.79 Å². The first-order valence-electron chi connectivity index (χ1n) is 5.11. The lowest BCUT2D eigenvalue weighted by Gasteiger charge is -2.06. The monoisotopic (exact) mass is 231 g/mol. The Morgan fingerprint density at radius 3 is 2.75 bits per heavy atom. The molecule has 0 radical (unpaired) electrons. The molecule has 16 heavy (non-hydrogen) atoms. The van der Waals surface area contributed by atoms with E-state index in [1.807, 2.05) is 37.3 Å². The summed E-state index contributed by atoms with van der Waals surface area (Å²) in [6.45, 7) is 1.96. The Kier molecular flexibility index (Phi) is 3.17. The second kappa shape index (κ2) is 4.60. The molecule has 82 valence electrons. The van der Waals surface area contributed by atoms with Crippen LogP contribution in [0.15, 0.2) is 36.4 Å². The average Bonchev–Trinajstić information content (AvgIpc) is 2.77. The Labute approximate surface area is 98.7 Å². The molecule has 1 atom stereocenters. The van der Waals surface area contributed by atoms with E-state index in [-0.39, 0.29) is 6.04 Å². The molecule has 1 heterocycles. The summed E-state index contributed by atoms with van der Waals surface area (Å²) in [5.74, 6) is 0.